The summed E-state index contributed by atoms with van der Waals surface area (Å²) in [4.78, 5) is 17.3. The van der Waals surface area contributed by atoms with Crippen molar-refractivity contribution in [1.29, 1.82) is 0 Å². The maximum Gasteiger partial charge on any atom is 0.261 e. The van der Waals surface area contributed by atoms with E-state index in [9.17, 15) is 4.79 Å². The van der Waals surface area contributed by atoms with E-state index in [2.05, 4.69) is 22.4 Å². The number of aromatic nitrogens is 2. The minimum absolute atomic E-state index is 0.0272. The van der Waals surface area contributed by atoms with Crippen LogP contribution in [0.5, 0.6) is 5.75 Å². The quantitative estimate of drug-likeness (QED) is 0.786. The number of para-hydroxylation sites is 1. The van der Waals surface area contributed by atoms with Gasteiger partial charge in [-0.1, -0.05) is 24.3 Å². The van der Waals surface area contributed by atoms with Crippen molar-refractivity contribution in [3.8, 4) is 5.75 Å². The van der Waals surface area contributed by atoms with Crippen molar-refractivity contribution >= 4 is 5.65 Å². The third-order valence-corrected chi connectivity index (χ3v) is 5.02. The molecule has 1 aliphatic heterocycles. The zero-order valence-electron chi connectivity index (χ0n) is 14.9. The Labute approximate surface area is 152 Å². The normalized spacial score (nSPS) is 16.7. The molecule has 0 aliphatic carbocycles. The van der Waals surface area contributed by atoms with Gasteiger partial charge >= 0.3 is 0 Å². The van der Waals surface area contributed by atoms with Crippen molar-refractivity contribution in [2.45, 2.75) is 32.2 Å². The van der Waals surface area contributed by atoms with Gasteiger partial charge in [-0.05, 0) is 56.5 Å². The fourth-order valence-corrected chi connectivity index (χ4v) is 3.54. The standard InChI is InChI=1S/C21H23N3O2/c1-15-18(21(25)24-13-5-4-8-20(24)23-15)11-12-22-17-10-9-16-6-2-3-7-19(16)26-14-17/h2-8,13,17,22H,9-12,14H2,1H3. The number of aryl methyl sites for hydroxylation is 2. The highest BCUT2D eigenvalue weighted by molar-refractivity contribution is 5.40. The number of hydrogen-bond donors (Lipinski definition) is 1. The van der Waals surface area contributed by atoms with E-state index in [-0.39, 0.29) is 5.56 Å². The van der Waals surface area contributed by atoms with Crippen LogP contribution < -0.4 is 15.6 Å². The number of nitrogens with zero attached hydrogens (tertiary/aromatic N) is 2. The molecular weight excluding hydrogens is 326 g/mol. The molecule has 5 heteroatoms. The van der Waals surface area contributed by atoms with E-state index in [4.69, 9.17) is 4.74 Å². The van der Waals surface area contributed by atoms with E-state index in [1.807, 2.05) is 37.3 Å². The van der Waals surface area contributed by atoms with Gasteiger partial charge in [0, 0.05) is 23.5 Å². The summed E-state index contributed by atoms with van der Waals surface area (Å²) in [6.07, 6.45) is 4.48. The maximum absolute atomic E-state index is 12.7. The van der Waals surface area contributed by atoms with Gasteiger partial charge in [0.2, 0.25) is 0 Å². The third kappa shape index (κ3) is 3.35. The van der Waals surface area contributed by atoms with E-state index in [0.717, 1.165) is 36.4 Å². The molecule has 0 radical (unpaired) electrons. The monoisotopic (exact) mass is 349 g/mol. The molecule has 3 heterocycles. The average Bonchev–Trinajstić information content (AvgIpc) is 2.87. The molecule has 0 fully saturated rings. The molecule has 1 aliphatic rings. The molecule has 26 heavy (non-hydrogen) atoms. The van der Waals surface area contributed by atoms with Crippen LogP contribution in [0, 0.1) is 6.92 Å². The van der Waals surface area contributed by atoms with Crippen molar-refractivity contribution in [2.75, 3.05) is 13.2 Å². The highest BCUT2D eigenvalue weighted by Crippen LogP contribution is 2.23. The van der Waals surface area contributed by atoms with Crippen LogP contribution in [0.2, 0.25) is 0 Å². The minimum atomic E-state index is 0.0272. The molecule has 4 rings (SSSR count). The molecule has 0 saturated carbocycles. The van der Waals surface area contributed by atoms with E-state index in [1.165, 1.54) is 5.56 Å². The fraction of sp³-hybridized carbons (Fsp3) is 0.333. The largest absolute Gasteiger partial charge is 0.492 e. The lowest BCUT2D eigenvalue weighted by molar-refractivity contribution is 0.269. The Morgan fingerprint density at radius 1 is 1.23 bits per heavy atom. The Morgan fingerprint density at radius 3 is 3.00 bits per heavy atom. The highest BCUT2D eigenvalue weighted by Gasteiger charge is 2.17. The first-order valence-corrected chi connectivity index (χ1v) is 9.13. The topological polar surface area (TPSA) is 55.6 Å². The number of ether oxygens (including phenoxy) is 1. The molecule has 5 nitrogen and oxygen atoms in total. The number of nitrogens with one attached hydrogen (secondary N) is 1. The molecule has 1 aromatic carbocycles. The predicted molar refractivity (Wildman–Crippen MR) is 102 cm³/mol. The molecule has 2 aromatic heterocycles. The molecule has 0 spiro atoms. The van der Waals surface area contributed by atoms with E-state index in [1.54, 1.807) is 10.6 Å². The predicted octanol–water partition coefficient (Wildman–Crippen LogP) is 2.53. The molecule has 1 atom stereocenters. The van der Waals surface area contributed by atoms with Crippen molar-refractivity contribution in [1.82, 2.24) is 14.7 Å². The number of fused-ring (bicyclic) bond motifs is 2. The van der Waals surface area contributed by atoms with E-state index in [0.29, 0.717) is 24.7 Å². The van der Waals surface area contributed by atoms with E-state index >= 15 is 0 Å². The smallest absolute Gasteiger partial charge is 0.261 e. The van der Waals surface area contributed by atoms with Crippen LogP contribution in [-0.4, -0.2) is 28.6 Å². The number of benzene rings is 1. The molecule has 134 valence electrons. The van der Waals surface area contributed by atoms with Crippen molar-refractivity contribution in [2.24, 2.45) is 0 Å². The second-order valence-corrected chi connectivity index (χ2v) is 6.77. The number of pyridine rings is 1. The van der Waals surface area contributed by atoms with Gasteiger partial charge < -0.3 is 10.1 Å². The number of hydrogen-bond acceptors (Lipinski definition) is 4. The summed E-state index contributed by atoms with van der Waals surface area (Å²) < 4.78 is 7.55. The van der Waals surface area contributed by atoms with Crippen molar-refractivity contribution in [3.05, 3.63) is 75.8 Å². The zero-order valence-corrected chi connectivity index (χ0v) is 14.9. The van der Waals surface area contributed by atoms with Gasteiger partial charge in [-0.25, -0.2) is 4.98 Å². The summed E-state index contributed by atoms with van der Waals surface area (Å²) in [5.41, 5.74) is 3.58. The summed E-state index contributed by atoms with van der Waals surface area (Å²) in [5.74, 6) is 0.990. The fourth-order valence-electron chi connectivity index (χ4n) is 3.54. The van der Waals surface area contributed by atoms with Crippen LogP contribution >= 0.6 is 0 Å². The van der Waals surface area contributed by atoms with Crippen LogP contribution in [-0.2, 0) is 12.8 Å². The summed E-state index contributed by atoms with van der Waals surface area (Å²) in [7, 11) is 0. The first-order valence-electron chi connectivity index (χ1n) is 9.13. The molecule has 1 unspecified atom stereocenters. The van der Waals surface area contributed by atoms with Gasteiger partial charge in [0.15, 0.2) is 0 Å². The Bertz CT molecular complexity index is 953. The zero-order chi connectivity index (χ0) is 17.9. The van der Waals surface area contributed by atoms with Gasteiger partial charge in [0.25, 0.3) is 5.56 Å². The summed E-state index contributed by atoms with van der Waals surface area (Å²) in [6.45, 7) is 3.31. The minimum Gasteiger partial charge on any atom is -0.492 e. The van der Waals surface area contributed by atoms with Gasteiger partial charge in [-0.15, -0.1) is 0 Å². The van der Waals surface area contributed by atoms with Gasteiger partial charge in [-0.3, -0.25) is 9.20 Å². The molecule has 1 N–H and O–H groups in total. The second kappa shape index (κ2) is 7.30. The molecule has 3 aromatic rings. The van der Waals surface area contributed by atoms with Crippen LogP contribution in [0.1, 0.15) is 23.2 Å². The average molecular weight is 349 g/mol. The Kier molecular flexibility index (Phi) is 4.71. The molecule has 0 amide bonds. The van der Waals surface area contributed by atoms with Crippen LogP contribution in [0.4, 0.5) is 0 Å². The van der Waals surface area contributed by atoms with Crippen LogP contribution in [0.25, 0.3) is 5.65 Å². The molecule has 0 saturated heterocycles. The van der Waals surface area contributed by atoms with Gasteiger partial charge in [0.1, 0.15) is 18.0 Å². The lowest BCUT2D eigenvalue weighted by Crippen LogP contribution is -2.36. The maximum atomic E-state index is 12.7. The second-order valence-electron chi connectivity index (χ2n) is 6.77. The van der Waals surface area contributed by atoms with Gasteiger partial charge in [0.05, 0.1) is 0 Å². The lowest BCUT2D eigenvalue weighted by Gasteiger charge is -2.16. The Hall–Kier alpha value is -2.66. The van der Waals surface area contributed by atoms with E-state index < -0.39 is 0 Å². The van der Waals surface area contributed by atoms with Crippen molar-refractivity contribution in [3.63, 3.8) is 0 Å². The summed E-state index contributed by atoms with van der Waals surface area (Å²) in [5, 5.41) is 3.55. The SMILES string of the molecule is Cc1nc2ccccn2c(=O)c1CCNC1CCc2ccccc2OC1. The third-order valence-electron chi connectivity index (χ3n) is 5.02. The van der Waals surface area contributed by atoms with Crippen LogP contribution in [0.3, 0.4) is 0 Å². The molecular formula is C21H23N3O2. The highest BCUT2D eigenvalue weighted by atomic mass is 16.5. The van der Waals surface area contributed by atoms with Crippen LogP contribution in [0.15, 0.2) is 53.5 Å². The van der Waals surface area contributed by atoms with Crippen molar-refractivity contribution < 1.29 is 4.74 Å². The summed E-state index contributed by atoms with van der Waals surface area (Å²) >= 11 is 0. The Morgan fingerprint density at radius 2 is 2.08 bits per heavy atom. The first kappa shape index (κ1) is 16.8. The summed E-state index contributed by atoms with van der Waals surface area (Å²) in [6, 6.07) is 14.1. The number of rotatable bonds is 4. The first-order chi connectivity index (χ1) is 12.7. The Balaban J connectivity index is 1.41. The molecule has 0 bridgehead atoms. The lowest BCUT2D eigenvalue weighted by atomic mass is 10.1. The van der Waals surface area contributed by atoms with Gasteiger partial charge in [-0.2, -0.15) is 0 Å².